The maximum atomic E-state index is 15.9. The summed E-state index contributed by atoms with van der Waals surface area (Å²) < 4.78 is 15.9. The molecule has 1 aliphatic carbocycles. The molecule has 0 radical (unpaired) electrons. The average molecular weight is 495 g/mol. The molecule has 6 unspecified atom stereocenters. The van der Waals surface area contributed by atoms with Crippen molar-refractivity contribution in [3.8, 4) is 5.75 Å². The molecule has 3 aliphatic heterocycles. The Morgan fingerprint density at radius 3 is 2.86 bits per heavy atom. The van der Waals surface area contributed by atoms with Crippen LogP contribution in [-0.2, 0) is 6.42 Å². The van der Waals surface area contributed by atoms with E-state index >= 15 is 4.39 Å². The highest BCUT2D eigenvalue weighted by Crippen LogP contribution is 2.45. The Morgan fingerprint density at radius 2 is 2.06 bits per heavy atom. The maximum absolute atomic E-state index is 15.9. The highest BCUT2D eigenvalue weighted by molar-refractivity contribution is 5.64. The number of aromatic amines is 1. The van der Waals surface area contributed by atoms with Gasteiger partial charge in [-0.3, -0.25) is 10.3 Å². The minimum absolute atomic E-state index is 0.0304. The summed E-state index contributed by atoms with van der Waals surface area (Å²) in [4.78, 5) is 13.4. The fourth-order valence-electron chi connectivity index (χ4n) is 7.05. The number of hydrogen-bond donors (Lipinski definition) is 4. The van der Waals surface area contributed by atoms with Crippen molar-refractivity contribution in [1.82, 2.24) is 30.6 Å². The number of phenolic OH excluding ortho intramolecular Hbond substituents is 1. The molecule has 0 amide bonds. The van der Waals surface area contributed by atoms with Gasteiger partial charge in [-0.25, -0.2) is 14.8 Å². The van der Waals surface area contributed by atoms with Crippen molar-refractivity contribution in [2.24, 2.45) is 5.92 Å². The number of imidazole rings is 1. The van der Waals surface area contributed by atoms with Gasteiger partial charge in [0.25, 0.3) is 0 Å². The number of hydrogen-bond acceptors (Lipinski definition) is 6. The van der Waals surface area contributed by atoms with Crippen LogP contribution in [0, 0.1) is 5.92 Å². The molecule has 8 heteroatoms. The van der Waals surface area contributed by atoms with Crippen LogP contribution in [0.1, 0.15) is 67.2 Å². The van der Waals surface area contributed by atoms with Gasteiger partial charge in [0.15, 0.2) is 0 Å². The van der Waals surface area contributed by atoms with Crippen molar-refractivity contribution in [1.29, 1.82) is 0 Å². The number of likely N-dealkylation sites (N-methyl/N-ethyl adjacent to an activating group) is 1. The predicted octanol–water partition coefficient (Wildman–Crippen LogP) is 3.52. The van der Waals surface area contributed by atoms with Crippen molar-refractivity contribution < 1.29 is 9.50 Å². The minimum Gasteiger partial charge on any atom is -0.508 e. The summed E-state index contributed by atoms with van der Waals surface area (Å²) in [7, 11) is 2.21. The summed E-state index contributed by atoms with van der Waals surface area (Å²) in [6, 6.07) is 5.73. The lowest BCUT2D eigenvalue weighted by atomic mass is 9.71. The molecule has 194 valence electrons. The maximum Gasteiger partial charge on any atom is 0.125 e. The van der Waals surface area contributed by atoms with E-state index in [4.69, 9.17) is 4.98 Å². The number of nitrogens with zero attached hydrogens (tertiary/aromatic N) is 3. The van der Waals surface area contributed by atoms with Crippen molar-refractivity contribution in [2.45, 2.75) is 69.2 Å². The monoisotopic (exact) mass is 494 g/mol. The number of fused-ring (bicyclic) bond motifs is 1. The van der Waals surface area contributed by atoms with Crippen LogP contribution in [0.25, 0.3) is 5.57 Å². The molecule has 1 aromatic carbocycles. The Hall–Kier alpha value is -2.26. The van der Waals surface area contributed by atoms with Crippen LogP contribution < -0.4 is 10.9 Å². The molecule has 36 heavy (non-hydrogen) atoms. The van der Waals surface area contributed by atoms with E-state index < -0.39 is 6.17 Å². The number of H-pyrrole nitrogens is 1. The largest absolute Gasteiger partial charge is 0.508 e. The lowest BCUT2D eigenvalue weighted by Crippen LogP contribution is -2.45. The van der Waals surface area contributed by atoms with E-state index in [1.165, 1.54) is 18.5 Å². The number of aromatic hydroxyl groups is 1. The third kappa shape index (κ3) is 4.38. The third-order valence-corrected chi connectivity index (χ3v) is 9.04. The molecule has 3 fully saturated rings. The fourth-order valence-corrected chi connectivity index (χ4v) is 7.05. The number of phenols is 1. The first-order chi connectivity index (χ1) is 17.5. The summed E-state index contributed by atoms with van der Waals surface area (Å²) in [6.45, 7) is 6.48. The lowest BCUT2D eigenvalue weighted by molar-refractivity contribution is 0.135. The van der Waals surface area contributed by atoms with E-state index in [0.717, 1.165) is 68.0 Å². The molecule has 2 saturated heterocycles. The molecule has 0 bridgehead atoms. The summed E-state index contributed by atoms with van der Waals surface area (Å²) in [6.07, 6.45) is 8.13. The third-order valence-electron chi connectivity index (χ3n) is 9.04. The van der Waals surface area contributed by atoms with E-state index in [1.54, 1.807) is 12.1 Å². The van der Waals surface area contributed by atoms with Gasteiger partial charge in [0.2, 0.25) is 0 Å². The molecule has 4 aliphatic rings. The quantitative estimate of drug-likeness (QED) is 0.510. The Labute approximate surface area is 213 Å². The zero-order chi connectivity index (χ0) is 24.8. The second-order valence-electron chi connectivity index (χ2n) is 11.2. The molecule has 7 nitrogen and oxygen atoms in total. The highest BCUT2D eigenvalue weighted by atomic mass is 19.1. The van der Waals surface area contributed by atoms with Gasteiger partial charge >= 0.3 is 0 Å². The van der Waals surface area contributed by atoms with Crippen LogP contribution in [0.5, 0.6) is 5.75 Å². The van der Waals surface area contributed by atoms with Crippen LogP contribution in [-0.4, -0.2) is 76.4 Å². The zero-order valence-electron chi connectivity index (χ0n) is 21.4. The number of likely N-dealkylation sites (tertiary alicyclic amines) is 1. The summed E-state index contributed by atoms with van der Waals surface area (Å²) in [5.41, 5.74) is 11.1. The van der Waals surface area contributed by atoms with Gasteiger partial charge in [0, 0.05) is 37.5 Å². The van der Waals surface area contributed by atoms with E-state index in [9.17, 15) is 5.11 Å². The lowest BCUT2D eigenvalue weighted by Gasteiger charge is -2.36. The number of hydrazine groups is 1. The first kappa shape index (κ1) is 24.1. The molecule has 6 atom stereocenters. The molecule has 4 heterocycles. The van der Waals surface area contributed by atoms with Crippen molar-refractivity contribution in [3.63, 3.8) is 0 Å². The second kappa shape index (κ2) is 9.89. The summed E-state index contributed by atoms with van der Waals surface area (Å²) in [5, 5.41) is 9.89. The molecule has 6 rings (SSSR count). The highest BCUT2D eigenvalue weighted by Gasteiger charge is 2.48. The predicted molar refractivity (Wildman–Crippen MR) is 139 cm³/mol. The van der Waals surface area contributed by atoms with Crippen LogP contribution >= 0.6 is 0 Å². The van der Waals surface area contributed by atoms with Crippen molar-refractivity contribution in [3.05, 3.63) is 53.1 Å². The SMILES string of the molecule is CCc1cc(O)ccc1C1CCC2C(c3ncc(C4=CCCN(C5CCN(C)C5)C4)[nH]3)NNC2C1F. The Bertz CT molecular complexity index is 1120. The second-order valence-corrected chi connectivity index (χ2v) is 11.2. The molecule has 4 N–H and O–H groups in total. The van der Waals surface area contributed by atoms with E-state index in [2.05, 4.69) is 45.7 Å². The number of alkyl halides is 1. The summed E-state index contributed by atoms with van der Waals surface area (Å²) in [5.74, 6) is 1.13. The van der Waals surface area contributed by atoms with E-state index in [1.807, 2.05) is 12.3 Å². The van der Waals surface area contributed by atoms with Gasteiger partial charge in [-0.05, 0) is 74.5 Å². The average Bonchev–Trinajstić information content (AvgIpc) is 3.64. The smallest absolute Gasteiger partial charge is 0.125 e. The van der Waals surface area contributed by atoms with Crippen LogP contribution in [0.15, 0.2) is 30.5 Å². The van der Waals surface area contributed by atoms with Gasteiger partial charge in [-0.1, -0.05) is 19.1 Å². The van der Waals surface area contributed by atoms with Crippen LogP contribution in [0.3, 0.4) is 0 Å². The number of nitrogens with one attached hydrogen (secondary N) is 3. The fraction of sp³-hybridized carbons (Fsp3) is 0.607. The molecule has 0 spiro atoms. The van der Waals surface area contributed by atoms with E-state index in [-0.39, 0.29) is 29.7 Å². The van der Waals surface area contributed by atoms with Crippen molar-refractivity contribution in [2.75, 3.05) is 33.2 Å². The van der Waals surface area contributed by atoms with Gasteiger partial charge in [0.05, 0.1) is 24.0 Å². The molecule has 1 saturated carbocycles. The Kier molecular flexibility index (Phi) is 6.62. The number of aryl methyl sites for hydroxylation is 1. The Morgan fingerprint density at radius 1 is 1.17 bits per heavy atom. The molecule has 2 aromatic rings. The molecule has 1 aromatic heterocycles. The van der Waals surface area contributed by atoms with Gasteiger partial charge in [-0.2, -0.15) is 0 Å². The standard InChI is InChI=1S/C28H39FN6O/c1-3-17-13-20(36)6-7-21(17)22-8-9-23-26(25(22)29)32-33-27(23)28-30-14-24(31-28)18-5-4-11-35(15-18)19-10-12-34(2)16-19/h5-7,13-14,19,22-23,25-27,32-33,36H,3-4,8-12,15-16H2,1-2H3,(H,30,31). The van der Waals surface area contributed by atoms with Gasteiger partial charge in [0.1, 0.15) is 17.7 Å². The number of benzene rings is 1. The number of rotatable bonds is 5. The van der Waals surface area contributed by atoms with Crippen LogP contribution in [0.4, 0.5) is 4.39 Å². The molecular formula is C28H39FN6O. The first-order valence-corrected chi connectivity index (χ1v) is 13.7. The summed E-state index contributed by atoms with van der Waals surface area (Å²) >= 11 is 0. The zero-order valence-corrected chi connectivity index (χ0v) is 21.4. The Balaban J connectivity index is 1.15. The van der Waals surface area contributed by atoms with Gasteiger partial charge < -0.3 is 15.0 Å². The van der Waals surface area contributed by atoms with Crippen LogP contribution in [0.2, 0.25) is 0 Å². The van der Waals surface area contributed by atoms with Crippen molar-refractivity contribution >= 4 is 5.57 Å². The minimum atomic E-state index is -0.996. The van der Waals surface area contributed by atoms with E-state index in [0.29, 0.717) is 6.04 Å². The topological polar surface area (TPSA) is 79.5 Å². The van der Waals surface area contributed by atoms with Gasteiger partial charge in [-0.15, -0.1) is 0 Å². The number of aromatic nitrogens is 2. The normalized spacial score (nSPS) is 33.6. The molecular weight excluding hydrogens is 455 g/mol. The number of halogens is 1. The first-order valence-electron chi connectivity index (χ1n) is 13.7.